The number of fused-ring (bicyclic) bond motifs is 1. The predicted octanol–water partition coefficient (Wildman–Crippen LogP) is 5.82. The minimum atomic E-state index is 0.956. The van der Waals surface area contributed by atoms with Crippen molar-refractivity contribution in [3.8, 4) is 0 Å². The third kappa shape index (κ3) is 3.06. The Balaban J connectivity index is 1.91. The van der Waals surface area contributed by atoms with Crippen LogP contribution in [0.1, 0.15) is 17.5 Å². The molecule has 0 N–H and O–H groups in total. The number of likely N-dealkylation sites (N-methyl/N-ethyl adjacent to an activating group) is 1. The van der Waals surface area contributed by atoms with Crippen molar-refractivity contribution in [3.63, 3.8) is 0 Å². The molecule has 2 nitrogen and oxygen atoms in total. The largest absolute Gasteiger partial charge is 0.377 e. The number of allylic oxidation sites excluding steroid dienone is 3. The second kappa shape index (κ2) is 7.01. The average Bonchev–Trinajstić information content (AvgIpc) is 3.17. The van der Waals surface area contributed by atoms with Crippen molar-refractivity contribution in [1.29, 1.82) is 0 Å². The van der Waals surface area contributed by atoms with Crippen molar-refractivity contribution in [2.24, 2.45) is 4.99 Å². The zero-order valence-corrected chi connectivity index (χ0v) is 15.2. The van der Waals surface area contributed by atoms with Crippen molar-refractivity contribution in [3.05, 3.63) is 95.7 Å². The molecule has 0 fully saturated rings. The third-order valence-corrected chi connectivity index (χ3v) is 4.78. The lowest BCUT2D eigenvalue weighted by atomic mass is 9.93. The Morgan fingerprint density at radius 1 is 0.885 bits per heavy atom. The fourth-order valence-electron chi connectivity index (χ4n) is 3.51. The molecule has 1 aliphatic carbocycles. The molecular formula is C24H22N2. The predicted molar refractivity (Wildman–Crippen MR) is 112 cm³/mol. The first kappa shape index (κ1) is 16.3. The van der Waals surface area contributed by atoms with Crippen LogP contribution in [0, 0.1) is 0 Å². The van der Waals surface area contributed by atoms with Crippen LogP contribution in [0.5, 0.6) is 0 Å². The molecule has 0 radical (unpaired) electrons. The minimum Gasteiger partial charge on any atom is -0.377 e. The lowest BCUT2D eigenvalue weighted by molar-refractivity contribution is 0.533. The summed E-state index contributed by atoms with van der Waals surface area (Å²) in [6.45, 7) is 0. The maximum absolute atomic E-state index is 4.75. The highest BCUT2D eigenvalue weighted by Crippen LogP contribution is 2.34. The maximum Gasteiger partial charge on any atom is 0.0629 e. The molecule has 128 valence electrons. The molecule has 1 aliphatic rings. The molecule has 0 saturated heterocycles. The van der Waals surface area contributed by atoms with Gasteiger partial charge in [-0.3, -0.25) is 4.99 Å². The van der Waals surface area contributed by atoms with E-state index < -0.39 is 0 Å². The molecule has 4 rings (SSSR count). The molecule has 3 aromatic carbocycles. The monoisotopic (exact) mass is 338 g/mol. The topological polar surface area (TPSA) is 15.6 Å². The average molecular weight is 338 g/mol. The van der Waals surface area contributed by atoms with Gasteiger partial charge in [0.1, 0.15) is 0 Å². The first-order chi connectivity index (χ1) is 12.7. The van der Waals surface area contributed by atoms with Crippen molar-refractivity contribution in [1.82, 2.24) is 4.90 Å². The van der Waals surface area contributed by atoms with E-state index in [-0.39, 0.29) is 0 Å². The van der Waals surface area contributed by atoms with Crippen molar-refractivity contribution < 1.29 is 0 Å². The number of benzene rings is 3. The normalized spacial score (nSPS) is 13.9. The first-order valence-electron chi connectivity index (χ1n) is 8.92. The molecule has 0 bridgehead atoms. The molecule has 0 spiro atoms. The van der Waals surface area contributed by atoms with Crippen molar-refractivity contribution in [2.75, 3.05) is 14.1 Å². The summed E-state index contributed by atoms with van der Waals surface area (Å²) in [5.41, 5.74) is 6.05. The van der Waals surface area contributed by atoms with Gasteiger partial charge in [-0.1, -0.05) is 60.7 Å². The van der Waals surface area contributed by atoms with E-state index >= 15 is 0 Å². The Morgan fingerprint density at radius 2 is 1.65 bits per heavy atom. The summed E-state index contributed by atoms with van der Waals surface area (Å²) in [7, 11) is 4.20. The smallest absolute Gasteiger partial charge is 0.0629 e. The fourth-order valence-corrected chi connectivity index (χ4v) is 3.51. The Bertz CT molecular complexity index is 1020. The van der Waals surface area contributed by atoms with E-state index in [1.807, 2.05) is 36.5 Å². The number of aliphatic imine (C=N–C) groups is 1. The quantitative estimate of drug-likeness (QED) is 0.547. The number of rotatable bonds is 4. The number of hydrogen-bond acceptors (Lipinski definition) is 2. The zero-order chi connectivity index (χ0) is 17.9. The molecule has 0 saturated carbocycles. The van der Waals surface area contributed by atoms with Crippen molar-refractivity contribution >= 4 is 28.2 Å². The van der Waals surface area contributed by atoms with Crippen LogP contribution in [0.15, 0.2) is 89.6 Å². The van der Waals surface area contributed by atoms with Gasteiger partial charge in [0, 0.05) is 31.6 Å². The number of nitrogens with zero attached hydrogens (tertiary/aromatic N) is 2. The van der Waals surface area contributed by atoms with Crippen LogP contribution in [0.25, 0.3) is 16.3 Å². The van der Waals surface area contributed by atoms with E-state index in [1.165, 1.54) is 33.2 Å². The molecule has 0 unspecified atom stereocenters. The maximum atomic E-state index is 4.75. The number of para-hydroxylation sites is 1. The van der Waals surface area contributed by atoms with E-state index in [9.17, 15) is 0 Å². The number of hydrogen-bond donors (Lipinski definition) is 0. The third-order valence-electron chi connectivity index (χ3n) is 4.78. The van der Waals surface area contributed by atoms with Gasteiger partial charge in [-0.05, 0) is 46.5 Å². The Kier molecular flexibility index (Phi) is 4.40. The molecule has 0 heterocycles. The van der Waals surface area contributed by atoms with Crippen LogP contribution in [0.2, 0.25) is 0 Å². The van der Waals surface area contributed by atoms with Gasteiger partial charge >= 0.3 is 0 Å². The molecular weight excluding hydrogens is 316 g/mol. The fraction of sp³-hybridized carbons (Fsp3) is 0.125. The van der Waals surface area contributed by atoms with Crippen molar-refractivity contribution in [2.45, 2.75) is 6.42 Å². The molecule has 2 heteroatoms. The van der Waals surface area contributed by atoms with Gasteiger partial charge in [0.15, 0.2) is 0 Å². The van der Waals surface area contributed by atoms with Gasteiger partial charge < -0.3 is 4.90 Å². The summed E-state index contributed by atoms with van der Waals surface area (Å²) in [6, 6.07) is 23.1. The van der Waals surface area contributed by atoms with Crippen LogP contribution in [-0.4, -0.2) is 25.2 Å². The SMILES string of the molecule is CN(C)C1=C(c2ccc3ccccc3c2/C=N/c2ccccc2)CC=C1. The van der Waals surface area contributed by atoms with Crippen LogP contribution >= 0.6 is 0 Å². The Labute approximate surface area is 154 Å². The zero-order valence-electron chi connectivity index (χ0n) is 15.2. The molecule has 0 aliphatic heterocycles. The lowest BCUT2D eigenvalue weighted by Gasteiger charge is -2.18. The first-order valence-corrected chi connectivity index (χ1v) is 8.92. The van der Waals surface area contributed by atoms with E-state index in [4.69, 9.17) is 4.99 Å². The van der Waals surface area contributed by atoms with E-state index in [0.717, 1.165) is 12.1 Å². The van der Waals surface area contributed by atoms with Crippen LogP contribution < -0.4 is 0 Å². The molecule has 0 amide bonds. The lowest BCUT2D eigenvalue weighted by Crippen LogP contribution is -2.10. The highest BCUT2D eigenvalue weighted by atomic mass is 15.1. The van der Waals surface area contributed by atoms with E-state index in [2.05, 4.69) is 67.5 Å². The summed E-state index contributed by atoms with van der Waals surface area (Å²) in [4.78, 5) is 6.93. The van der Waals surface area contributed by atoms with E-state index in [0.29, 0.717) is 0 Å². The Morgan fingerprint density at radius 3 is 2.46 bits per heavy atom. The van der Waals surface area contributed by atoms with Gasteiger partial charge in [-0.2, -0.15) is 0 Å². The molecule has 0 aromatic heterocycles. The molecule has 0 atom stereocenters. The van der Waals surface area contributed by atoms with Gasteiger partial charge in [0.2, 0.25) is 0 Å². The van der Waals surface area contributed by atoms with Crippen LogP contribution in [0.4, 0.5) is 5.69 Å². The van der Waals surface area contributed by atoms with Gasteiger partial charge in [-0.15, -0.1) is 0 Å². The summed E-state index contributed by atoms with van der Waals surface area (Å²) in [5.74, 6) is 0. The molecule has 3 aromatic rings. The van der Waals surface area contributed by atoms with Crippen LogP contribution in [0.3, 0.4) is 0 Å². The van der Waals surface area contributed by atoms with Gasteiger partial charge in [0.05, 0.1) is 5.69 Å². The second-order valence-corrected chi connectivity index (χ2v) is 6.71. The molecule has 26 heavy (non-hydrogen) atoms. The summed E-state index contributed by atoms with van der Waals surface area (Å²) in [6.07, 6.45) is 7.42. The summed E-state index contributed by atoms with van der Waals surface area (Å²) >= 11 is 0. The van der Waals surface area contributed by atoms with Gasteiger partial charge in [0.25, 0.3) is 0 Å². The van der Waals surface area contributed by atoms with E-state index in [1.54, 1.807) is 0 Å². The highest BCUT2D eigenvalue weighted by molar-refractivity contribution is 6.05. The Hall–Kier alpha value is -3.13. The highest BCUT2D eigenvalue weighted by Gasteiger charge is 2.17. The van der Waals surface area contributed by atoms with Gasteiger partial charge in [-0.25, -0.2) is 0 Å². The summed E-state index contributed by atoms with van der Waals surface area (Å²) < 4.78 is 0. The minimum absolute atomic E-state index is 0.956. The second-order valence-electron chi connectivity index (χ2n) is 6.71. The van der Waals surface area contributed by atoms with Crippen LogP contribution in [-0.2, 0) is 0 Å². The standard InChI is InChI=1S/C24H22N2/c1-26(2)24-14-8-13-22(24)21-16-15-18-9-6-7-12-20(18)23(21)17-25-19-10-4-3-5-11-19/h3-12,14-17H,13H2,1-2H3/b25-17+. The summed E-state index contributed by atoms with van der Waals surface area (Å²) in [5, 5.41) is 2.48.